The lowest BCUT2D eigenvalue weighted by atomic mass is 10.1. The van der Waals surface area contributed by atoms with Crippen LogP contribution in [0.15, 0.2) is 24.3 Å². The zero-order chi connectivity index (χ0) is 10.7. The van der Waals surface area contributed by atoms with Gasteiger partial charge in [0, 0.05) is 0 Å². The van der Waals surface area contributed by atoms with Crippen molar-refractivity contribution in [2.75, 3.05) is 14.1 Å². The van der Waals surface area contributed by atoms with Gasteiger partial charge in [-0.05, 0) is 31.8 Å². The third kappa shape index (κ3) is 2.43. The Bertz CT molecular complexity index is 339. The van der Waals surface area contributed by atoms with Crippen LogP contribution in [-0.4, -0.2) is 29.1 Å². The van der Waals surface area contributed by atoms with E-state index < -0.39 is 0 Å². The quantitative estimate of drug-likeness (QED) is 0.738. The molecule has 4 heteroatoms. The summed E-state index contributed by atoms with van der Waals surface area (Å²) in [5.41, 5.74) is 6.53. The summed E-state index contributed by atoms with van der Waals surface area (Å²) in [7, 11) is 3.79. The van der Waals surface area contributed by atoms with Gasteiger partial charge < -0.3 is 10.8 Å². The van der Waals surface area contributed by atoms with Crippen molar-refractivity contribution < 1.29 is 5.11 Å². The van der Waals surface area contributed by atoms with E-state index in [0.717, 1.165) is 5.56 Å². The number of phenolic OH excluding ortho intramolecular Hbond substituents is 1. The minimum absolute atomic E-state index is 0.128. The van der Waals surface area contributed by atoms with Crippen molar-refractivity contribution in [3.63, 3.8) is 0 Å². The van der Waals surface area contributed by atoms with Crippen LogP contribution >= 0.6 is 12.2 Å². The third-order valence-corrected chi connectivity index (χ3v) is 2.20. The largest absolute Gasteiger partial charge is 0.508 e. The first kappa shape index (κ1) is 10.9. The molecule has 0 radical (unpaired) electrons. The van der Waals surface area contributed by atoms with Crippen LogP contribution in [0.4, 0.5) is 0 Å². The molecule has 0 aliphatic rings. The molecule has 0 saturated carbocycles. The molecule has 3 nitrogen and oxygen atoms in total. The molecule has 14 heavy (non-hydrogen) atoms. The highest BCUT2D eigenvalue weighted by Crippen LogP contribution is 2.21. The molecule has 0 amide bonds. The number of aromatic hydroxyl groups is 1. The second-order valence-corrected chi connectivity index (χ2v) is 3.83. The number of benzene rings is 1. The van der Waals surface area contributed by atoms with Gasteiger partial charge in [-0.1, -0.05) is 24.4 Å². The second-order valence-electron chi connectivity index (χ2n) is 3.36. The zero-order valence-electron chi connectivity index (χ0n) is 8.27. The van der Waals surface area contributed by atoms with Crippen LogP contribution in [0.1, 0.15) is 11.6 Å². The highest BCUT2D eigenvalue weighted by atomic mass is 32.1. The predicted octanol–water partition coefficient (Wildman–Crippen LogP) is 1.28. The molecule has 0 spiro atoms. The lowest BCUT2D eigenvalue weighted by molar-refractivity contribution is 0.369. The highest BCUT2D eigenvalue weighted by Gasteiger charge is 2.16. The Morgan fingerprint density at radius 1 is 1.50 bits per heavy atom. The number of nitrogens with two attached hydrogens (primary N) is 1. The van der Waals surface area contributed by atoms with Gasteiger partial charge in [-0.15, -0.1) is 0 Å². The monoisotopic (exact) mass is 210 g/mol. The molecule has 1 aromatic rings. The lowest BCUT2D eigenvalue weighted by Crippen LogP contribution is -2.31. The smallest absolute Gasteiger partial charge is 0.115 e. The van der Waals surface area contributed by atoms with Crippen molar-refractivity contribution in [3.8, 4) is 5.75 Å². The van der Waals surface area contributed by atoms with Crippen LogP contribution in [0.5, 0.6) is 5.75 Å². The molecule has 0 aliphatic carbocycles. The zero-order valence-corrected chi connectivity index (χ0v) is 9.08. The molecule has 0 aliphatic heterocycles. The van der Waals surface area contributed by atoms with E-state index >= 15 is 0 Å². The summed E-state index contributed by atoms with van der Waals surface area (Å²) in [4.78, 5) is 2.32. The van der Waals surface area contributed by atoms with Gasteiger partial charge in [0.2, 0.25) is 0 Å². The Hall–Kier alpha value is -1.13. The number of phenols is 1. The Kier molecular flexibility index (Phi) is 3.43. The van der Waals surface area contributed by atoms with Gasteiger partial charge in [-0.2, -0.15) is 0 Å². The summed E-state index contributed by atoms with van der Waals surface area (Å²) in [6.45, 7) is 0. The minimum Gasteiger partial charge on any atom is -0.508 e. The van der Waals surface area contributed by atoms with Gasteiger partial charge in [0.1, 0.15) is 5.75 Å². The van der Waals surface area contributed by atoms with E-state index in [1.807, 2.05) is 25.1 Å². The van der Waals surface area contributed by atoms with Gasteiger partial charge in [0.25, 0.3) is 0 Å². The normalized spacial score (nSPS) is 12.8. The van der Waals surface area contributed by atoms with E-state index in [1.165, 1.54) is 0 Å². The van der Waals surface area contributed by atoms with E-state index in [4.69, 9.17) is 18.0 Å². The molecular weight excluding hydrogens is 196 g/mol. The molecule has 0 heterocycles. The maximum Gasteiger partial charge on any atom is 0.115 e. The van der Waals surface area contributed by atoms with Crippen LogP contribution < -0.4 is 5.73 Å². The number of rotatable bonds is 3. The van der Waals surface area contributed by atoms with E-state index in [0.29, 0.717) is 4.99 Å². The molecule has 1 unspecified atom stereocenters. The summed E-state index contributed by atoms with van der Waals surface area (Å²) < 4.78 is 0. The average Bonchev–Trinajstić information content (AvgIpc) is 2.02. The molecule has 1 aromatic carbocycles. The van der Waals surface area contributed by atoms with E-state index in [-0.39, 0.29) is 11.8 Å². The fourth-order valence-electron chi connectivity index (χ4n) is 1.41. The summed E-state index contributed by atoms with van der Waals surface area (Å²) >= 11 is 4.97. The molecule has 1 atom stereocenters. The first-order chi connectivity index (χ1) is 6.52. The van der Waals surface area contributed by atoms with Crippen molar-refractivity contribution in [2.45, 2.75) is 6.04 Å². The Morgan fingerprint density at radius 2 is 2.14 bits per heavy atom. The van der Waals surface area contributed by atoms with Crippen LogP contribution in [0, 0.1) is 0 Å². The fourth-order valence-corrected chi connectivity index (χ4v) is 1.76. The van der Waals surface area contributed by atoms with Crippen molar-refractivity contribution in [2.24, 2.45) is 5.73 Å². The summed E-state index contributed by atoms with van der Waals surface area (Å²) in [6, 6.07) is 6.83. The third-order valence-electron chi connectivity index (χ3n) is 1.97. The van der Waals surface area contributed by atoms with E-state index in [2.05, 4.69) is 0 Å². The van der Waals surface area contributed by atoms with Gasteiger partial charge in [-0.3, -0.25) is 4.90 Å². The standard InChI is InChI=1S/C10H14N2OS/c1-12(2)9(10(11)14)7-4-3-5-8(13)6-7/h3-6,9,13H,1-2H3,(H2,11,14). The van der Waals surface area contributed by atoms with Gasteiger partial charge in [0.15, 0.2) is 0 Å². The topological polar surface area (TPSA) is 49.5 Å². The van der Waals surface area contributed by atoms with Crippen molar-refractivity contribution >= 4 is 17.2 Å². The average molecular weight is 210 g/mol. The number of hydrogen-bond donors (Lipinski definition) is 2. The van der Waals surface area contributed by atoms with E-state index in [1.54, 1.807) is 18.2 Å². The SMILES string of the molecule is CN(C)C(C(N)=S)c1cccc(O)c1. The highest BCUT2D eigenvalue weighted by molar-refractivity contribution is 7.80. The molecule has 1 rings (SSSR count). The van der Waals surface area contributed by atoms with Crippen molar-refractivity contribution in [3.05, 3.63) is 29.8 Å². The number of nitrogens with zero attached hydrogens (tertiary/aromatic N) is 1. The summed E-state index contributed by atoms with van der Waals surface area (Å²) in [6.07, 6.45) is 0. The van der Waals surface area contributed by atoms with Gasteiger partial charge in [-0.25, -0.2) is 0 Å². The molecule has 0 aromatic heterocycles. The van der Waals surface area contributed by atoms with Crippen molar-refractivity contribution in [1.82, 2.24) is 4.90 Å². The number of likely N-dealkylation sites (N-methyl/N-ethyl adjacent to an activating group) is 1. The maximum absolute atomic E-state index is 9.32. The summed E-state index contributed by atoms with van der Waals surface area (Å²) in [5.74, 6) is 0.227. The first-order valence-corrected chi connectivity index (χ1v) is 4.68. The van der Waals surface area contributed by atoms with Crippen LogP contribution in [0.2, 0.25) is 0 Å². The second kappa shape index (κ2) is 4.39. The van der Waals surface area contributed by atoms with E-state index in [9.17, 15) is 5.11 Å². The van der Waals surface area contributed by atoms with Crippen molar-refractivity contribution in [1.29, 1.82) is 0 Å². The molecule has 3 N–H and O–H groups in total. The lowest BCUT2D eigenvalue weighted by Gasteiger charge is -2.23. The minimum atomic E-state index is -0.128. The van der Waals surface area contributed by atoms with Gasteiger partial charge in [0.05, 0.1) is 11.0 Å². The predicted molar refractivity (Wildman–Crippen MR) is 61.3 cm³/mol. The Labute approximate surface area is 89.1 Å². The van der Waals surface area contributed by atoms with Crippen LogP contribution in [0.25, 0.3) is 0 Å². The molecule has 76 valence electrons. The molecular formula is C10H14N2OS. The fraction of sp³-hybridized carbons (Fsp3) is 0.300. The molecule has 0 fully saturated rings. The Morgan fingerprint density at radius 3 is 2.57 bits per heavy atom. The molecule has 0 saturated heterocycles. The van der Waals surface area contributed by atoms with Crippen LogP contribution in [0.3, 0.4) is 0 Å². The Balaban J connectivity index is 3.05. The van der Waals surface area contributed by atoms with Crippen LogP contribution in [-0.2, 0) is 0 Å². The summed E-state index contributed by atoms with van der Waals surface area (Å²) in [5, 5.41) is 9.32. The molecule has 0 bridgehead atoms. The maximum atomic E-state index is 9.32. The number of hydrogen-bond acceptors (Lipinski definition) is 3. The van der Waals surface area contributed by atoms with Gasteiger partial charge >= 0.3 is 0 Å². The number of thiocarbonyl (C=S) groups is 1. The first-order valence-electron chi connectivity index (χ1n) is 4.27.